The fraction of sp³-hybridized carbons (Fsp3) is 0.333. The third kappa shape index (κ3) is 4.21. The Bertz CT molecular complexity index is 526. The predicted molar refractivity (Wildman–Crippen MR) is 86.7 cm³/mol. The second kappa shape index (κ2) is 6.58. The van der Waals surface area contributed by atoms with Gasteiger partial charge in [0.15, 0.2) is 0 Å². The van der Waals surface area contributed by atoms with Crippen molar-refractivity contribution < 1.29 is 5.11 Å². The Morgan fingerprint density at radius 2 is 1.55 bits per heavy atom. The Kier molecular flexibility index (Phi) is 5.04. The first-order valence-corrected chi connectivity index (χ1v) is 9.00. The number of hydrogen-bond donors (Lipinski definition) is 1. The van der Waals surface area contributed by atoms with E-state index >= 15 is 0 Å². The standard InChI is InChI=1S/C18H22OSe/c1-18(2,3)15-11-9-14(10-12-15)17(19)13-20-16-7-5-4-6-8-16/h4-12,17,19H,13H2,1-3H3/t17-/m0/s1. The van der Waals surface area contributed by atoms with Crippen LogP contribution in [0.5, 0.6) is 0 Å². The molecule has 0 aliphatic carbocycles. The molecule has 20 heavy (non-hydrogen) atoms. The van der Waals surface area contributed by atoms with Crippen LogP contribution < -0.4 is 4.46 Å². The van der Waals surface area contributed by atoms with E-state index in [-0.39, 0.29) is 11.5 Å². The van der Waals surface area contributed by atoms with Crippen molar-refractivity contribution >= 4 is 19.4 Å². The maximum atomic E-state index is 10.3. The van der Waals surface area contributed by atoms with E-state index in [9.17, 15) is 5.11 Å². The summed E-state index contributed by atoms with van der Waals surface area (Å²) in [5, 5.41) is 11.1. The van der Waals surface area contributed by atoms with Crippen molar-refractivity contribution in [3.05, 3.63) is 65.7 Å². The summed E-state index contributed by atoms with van der Waals surface area (Å²) in [5.74, 6) is 0. The number of hydrogen-bond acceptors (Lipinski definition) is 1. The van der Waals surface area contributed by atoms with Gasteiger partial charge in [-0.25, -0.2) is 0 Å². The van der Waals surface area contributed by atoms with Gasteiger partial charge in [0.1, 0.15) is 0 Å². The molecule has 0 amide bonds. The van der Waals surface area contributed by atoms with Gasteiger partial charge in [-0.2, -0.15) is 0 Å². The molecule has 0 saturated carbocycles. The minimum atomic E-state index is -0.357. The molecule has 2 heteroatoms. The van der Waals surface area contributed by atoms with Gasteiger partial charge in [0.25, 0.3) is 0 Å². The van der Waals surface area contributed by atoms with Crippen molar-refractivity contribution in [2.24, 2.45) is 0 Å². The Morgan fingerprint density at radius 1 is 0.950 bits per heavy atom. The number of rotatable bonds is 4. The predicted octanol–water partition coefficient (Wildman–Crippen LogP) is 3.47. The Balaban J connectivity index is 1.97. The van der Waals surface area contributed by atoms with Crippen LogP contribution in [0, 0.1) is 0 Å². The molecule has 2 rings (SSSR count). The molecule has 0 aliphatic rings. The summed E-state index contributed by atoms with van der Waals surface area (Å²) in [6, 6.07) is 18.8. The third-order valence-corrected chi connectivity index (χ3v) is 5.60. The Hall–Kier alpha value is -1.08. The first-order chi connectivity index (χ1) is 9.47. The zero-order chi connectivity index (χ0) is 14.6. The number of benzene rings is 2. The van der Waals surface area contributed by atoms with Crippen LogP contribution in [0.15, 0.2) is 54.6 Å². The first kappa shape index (κ1) is 15.3. The van der Waals surface area contributed by atoms with E-state index in [0.29, 0.717) is 15.0 Å². The number of aliphatic hydroxyl groups excluding tert-OH is 1. The molecule has 2 aromatic rings. The molecule has 0 fully saturated rings. The van der Waals surface area contributed by atoms with Crippen LogP contribution in [0.2, 0.25) is 5.32 Å². The molecular weight excluding hydrogens is 311 g/mol. The third-order valence-electron chi connectivity index (χ3n) is 3.31. The van der Waals surface area contributed by atoms with Gasteiger partial charge in [0, 0.05) is 0 Å². The van der Waals surface area contributed by atoms with Crippen LogP contribution in [-0.4, -0.2) is 20.1 Å². The molecule has 1 N–H and O–H groups in total. The van der Waals surface area contributed by atoms with Gasteiger partial charge >= 0.3 is 128 Å². The van der Waals surface area contributed by atoms with E-state index in [0.717, 1.165) is 10.9 Å². The van der Waals surface area contributed by atoms with Crippen molar-refractivity contribution in [3.63, 3.8) is 0 Å². The molecular formula is C18H22OSe. The average molecular weight is 333 g/mol. The zero-order valence-corrected chi connectivity index (χ0v) is 14.0. The second-order valence-electron chi connectivity index (χ2n) is 6.01. The van der Waals surface area contributed by atoms with Crippen LogP contribution >= 0.6 is 0 Å². The average Bonchev–Trinajstić information content (AvgIpc) is 2.45. The fourth-order valence-corrected chi connectivity index (χ4v) is 3.87. The SMILES string of the molecule is CC(C)(C)c1ccc([C@@H](O)C[Se]c2ccccc2)cc1. The first-order valence-electron chi connectivity index (χ1n) is 6.93. The molecule has 1 atom stereocenters. The summed E-state index contributed by atoms with van der Waals surface area (Å²) < 4.78 is 1.34. The Morgan fingerprint density at radius 3 is 2.10 bits per heavy atom. The molecule has 106 valence electrons. The van der Waals surface area contributed by atoms with E-state index in [1.807, 2.05) is 6.07 Å². The van der Waals surface area contributed by atoms with Crippen LogP contribution in [0.1, 0.15) is 38.0 Å². The van der Waals surface area contributed by atoms with Crippen molar-refractivity contribution in [3.8, 4) is 0 Å². The molecule has 0 bridgehead atoms. The van der Waals surface area contributed by atoms with Crippen molar-refractivity contribution in [1.82, 2.24) is 0 Å². The molecule has 0 saturated heterocycles. The maximum absolute atomic E-state index is 10.3. The van der Waals surface area contributed by atoms with E-state index in [4.69, 9.17) is 0 Å². The van der Waals surface area contributed by atoms with E-state index in [2.05, 4.69) is 69.3 Å². The summed E-state index contributed by atoms with van der Waals surface area (Å²) in [5.41, 5.74) is 2.50. The fourth-order valence-electron chi connectivity index (χ4n) is 1.99. The molecule has 1 nitrogen and oxygen atoms in total. The van der Waals surface area contributed by atoms with E-state index < -0.39 is 0 Å². The summed E-state index contributed by atoms with van der Waals surface area (Å²) in [4.78, 5) is 0. The van der Waals surface area contributed by atoms with E-state index in [1.54, 1.807) is 0 Å². The van der Waals surface area contributed by atoms with Crippen LogP contribution in [0.3, 0.4) is 0 Å². The molecule has 0 heterocycles. The van der Waals surface area contributed by atoms with Gasteiger partial charge in [-0.3, -0.25) is 0 Å². The number of aliphatic hydroxyl groups is 1. The van der Waals surface area contributed by atoms with Crippen LogP contribution in [0.25, 0.3) is 0 Å². The summed E-state index contributed by atoms with van der Waals surface area (Å²) in [6.07, 6.45) is -0.357. The Labute approximate surface area is 128 Å². The van der Waals surface area contributed by atoms with Gasteiger partial charge in [-0.15, -0.1) is 0 Å². The van der Waals surface area contributed by atoms with E-state index in [1.165, 1.54) is 10.0 Å². The zero-order valence-electron chi connectivity index (χ0n) is 12.3. The van der Waals surface area contributed by atoms with Crippen molar-refractivity contribution in [2.75, 3.05) is 0 Å². The summed E-state index contributed by atoms with van der Waals surface area (Å²) in [6.45, 7) is 6.62. The van der Waals surface area contributed by atoms with Crippen LogP contribution in [-0.2, 0) is 5.41 Å². The summed E-state index contributed by atoms with van der Waals surface area (Å²) >= 11 is 0.323. The molecule has 0 spiro atoms. The molecule has 2 aromatic carbocycles. The minimum absolute atomic E-state index is 0.164. The molecule has 0 unspecified atom stereocenters. The normalized spacial score (nSPS) is 13.2. The summed E-state index contributed by atoms with van der Waals surface area (Å²) in [7, 11) is 0. The van der Waals surface area contributed by atoms with Gasteiger partial charge < -0.3 is 0 Å². The topological polar surface area (TPSA) is 20.2 Å². The van der Waals surface area contributed by atoms with Crippen molar-refractivity contribution in [2.45, 2.75) is 37.6 Å². The second-order valence-corrected chi connectivity index (χ2v) is 8.31. The van der Waals surface area contributed by atoms with Crippen LogP contribution in [0.4, 0.5) is 0 Å². The molecule has 0 radical (unpaired) electrons. The molecule has 0 aliphatic heterocycles. The monoisotopic (exact) mass is 334 g/mol. The van der Waals surface area contributed by atoms with Gasteiger partial charge in [-0.05, 0) is 0 Å². The van der Waals surface area contributed by atoms with Gasteiger partial charge in [0.05, 0.1) is 0 Å². The van der Waals surface area contributed by atoms with Gasteiger partial charge in [0.2, 0.25) is 0 Å². The van der Waals surface area contributed by atoms with Gasteiger partial charge in [-0.1, -0.05) is 0 Å². The molecule has 0 aromatic heterocycles. The quantitative estimate of drug-likeness (QED) is 0.850. The van der Waals surface area contributed by atoms with Crippen molar-refractivity contribution in [1.29, 1.82) is 0 Å².